The normalized spacial score (nSPS) is 9.00. The average molecular weight is 218 g/mol. The molecule has 0 heterocycles. The van der Waals surface area contributed by atoms with Gasteiger partial charge in [0.05, 0.1) is 13.7 Å². The molecule has 3 nitrogen and oxygen atoms in total. The summed E-state index contributed by atoms with van der Waals surface area (Å²) < 4.78 is 10.5. The van der Waals surface area contributed by atoms with Crippen molar-refractivity contribution >= 4 is 12.4 Å². The molecule has 0 atom stereocenters. The Balaban J connectivity index is 0.00000169. The zero-order valence-electron chi connectivity index (χ0n) is 8.23. The number of rotatable bonds is 5. The summed E-state index contributed by atoms with van der Waals surface area (Å²) >= 11 is 0. The van der Waals surface area contributed by atoms with Gasteiger partial charge in [-0.2, -0.15) is 0 Å². The minimum atomic E-state index is 0. The highest BCUT2D eigenvalue weighted by Crippen LogP contribution is 2.18. The Kier molecular flexibility index (Phi) is 6.98. The molecule has 0 bridgehead atoms. The molecule has 0 radical (unpaired) electrons. The lowest BCUT2D eigenvalue weighted by atomic mass is 10.3. The molecular formula is C10H16ClNO2. The van der Waals surface area contributed by atoms with E-state index >= 15 is 0 Å². The third kappa shape index (κ3) is 4.35. The third-order valence-corrected chi connectivity index (χ3v) is 1.66. The fourth-order valence-electron chi connectivity index (χ4n) is 0.964. The van der Waals surface area contributed by atoms with E-state index in [0.29, 0.717) is 13.2 Å². The van der Waals surface area contributed by atoms with Gasteiger partial charge >= 0.3 is 0 Å². The van der Waals surface area contributed by atoms with E-state index in [-0.39, 0.29) is 12.4 Å². The maximum Gasteiger partial charge on any atom is 0.122 e. The second kappa shape index (κ2) is 7.47. The van der Waals surface area contributed by atoms with Gasteiger partial charge in [0.2, 0.25) is 0 Å². The first-order valence-electron chi connectivity index (χ1n) is 4.33. The van der Waals surface area contributed by atoms with Crippen molar-refractivity contribution in [2.45, 2.75) is 6.42 Å². The highest BCUT2D eigenvalue weighted by atomic mass is 35.5. The first-order chi connectivity index (χ1) is 6.36. The maximum absolute atomic E-state index is 5.43. The van der Waals surface area contributed by atoms with Gasteiger partial charge in [0.1, 0.15) is 11.5 Å². The molecule has 0 spiro atoms. The zero-order valence-corrected chi connectivity index (χ0v) is 9.05. The molecule has 0 aliphatic rings. The van der Waals surface area contributed by atoms with Crippen molar-refractivity contribution in [2.24, 2.45) is 5.73 Å². The smallest absolute Gasteiger partial charge is 0.122 e. The summed E-state index contributed by atoms with van der Waals surface area (Å²) in [4.78, 5) is 0. The predicted molar refractivity (Wildman–Crippen MR) is 59.4 cm³/mol. The van der Waals surface area contributed by atoms with E-state index in [1.807, 2.05) is 24.3 Å². The van der Waals surface area contributed by atoms with Crippen molar-refractivity contribution in [3.05, 3.63) is 24.3 Å². The van der Waals surface area contributed by atoms with Gasteiger partial charge in [-0.25, -0.2) is 0 Å². The number of hydrogen-bond donors (Lipinski definition) is 1. The van der Waals surface area contributed by atoms with E-state index in [0.717, 1.165) is 17.9 Å². The summed E-state index contributed by atoms with van der Waals surface area (Å²) in [5.41, 5.74) is 5.34. The molecule has 0 saturated heterocycles. The molecule has 0 aromatic heterocycles. The van der Waals surface area contributed by atoms with Crippen LogP contribution < -0.4 is 15.2 Å². The van der Waals surface area contributed by atoms with Gasteiger partial charge < -0.3 is 15.2 Å². The van der Waals surface area contributed by atoms with Crippen molar-refractivity contribution in [2.75, 3.05) is 20.3 Å². The highest BCUT2D eigenvalue weighted by Gasteiger charge is 1.95. The molecular weight excluding hydrogens is 202 g/mol. The molecule has 0 aliphatic carbocycles. The molecule has 0 aliphatic heterocycles. The molecule has 0 fully saturated rings. The van der Waals surface area contributed by atoms with Crippen LogP contribution in [0.3, 0.4) is 0 Å². The fourth-order valence-corrected chi connectivity index (χ4v) is 0.964. The van der Waals surface area contributed by atoms with Crippen LogP contribution >= 0.6 is 12.4 Å². The molecule has 14 heavy (non-hydrogen) atoms. The third-order valence-electron chi connectivity index (χ3n) is 1.66. The van der Waals surface area contributed by atoms with Crippen molar-refractivity contribution in [3.8, 4) is 11.5 Å². The molecule has 1 aromatic carbocycles. The fraction of sp³-hybridized carbons (Fsp3) is 0.400. The Hall–Kier alpha value is -0.930. The molecule has 0 unspecified atom stereocenters. The monoisotopic (exact) mass is 217 g/mol. The number of methoxy groups -OCH3 is 1. The number of benzene rings is 1. The van der Waals surface area contributed by atoms with Crippen molar-refractivity contribution in [3.63, 3.8) is 0 Å². The van der Waals surface area contributed by atoms with Gasteiger partial charge in [-0.15, -0.1) is 12.4 Å². The Labute approximate surface area is 90.6 Å². The van der Waals surface area contributed by atoms with E-state index in [1.165, 1.54) is 0 Å². The Morgan fingerprint density at radius 1 is 1.29 bits per heavy atom. The zero-order chi connectivity index (χ0) is 9.52. The minimum Gasteiger partial charge on any atom is -0.497 e. The SMILES string of the molecule is COc1cccc(OCCCN)c1.Cl. The summed E-state index contributed by atoms with van der Waals surface area (Å²) in [6.07, 6.45) is 0.872. The summed E-state index contributed by atoms with van der Waals surface area (Å²) in [6, 6.07) is 7.54. The summed E-state index contributed by atoms with van der Waals surface area (Å²) in [5.74, 6) is 1.64. The van der Waals surface area contributed by atoms with Gasteiger partial charge in [-0.1, -0.05) is 6.07 Å². The highest BCUT2D eigenvalue weighted by molar-refractivity contribution is 5.85. The molecule has 0 amide bonds. The Morgan fingerprint density at radius 2 is 2.00 bits per heavy atom. The lowest BCUT2D eigenvalue weighted by Crippen LogP contribution is -2.05. The molecule has 1 aromatic rings. The molecule has 2 N–H and O–H groups in total. The first kappa shape index (κ1) is 13.1. The van der Waals surface area contributed by atoms with Crippen LogP contribution in [-0.4, -0.2) is 20.3 Å². The second-order valence-corrected chi connectivity index (χ2v) is 2.67. The van der Waals surface area contributed by atoms with Crippen molar-refractivity contribution < 1.29 is 9.47 Å². The summed E-state index contributed by atoms with van der Waals surface area (Å²) in [5, 5.41) is 0. The van der Waals surface area contributed by atoms with Crippen LogP contribution in [0.15, 0.2) is 24.3 Å². The van der Waals surface area contributed by atoms with E-state index in [9.17, 15) is 0 Å². The number of nitrogens with two attached hydrogens (primary N) is 1. The summed E-state index contributed by atoms with van der Waals surface area (Å²) in [6.45, 7) is 1.31. The lowest BCUT2D eigenvalue weighted by molar-refractivity contribution is 0.311. The predicted octanol–water partition coefficient (Wildman–Crippen LogP) is 1.84. The van der Waals surface area contributed by atoms with Crippen LogP contribution in [0, 0.1) is 0 Å². The molecule has 1 rings (SSSR count). The van der Waals surface area contributed by atoms with Crippen LogP contribution in [0.1, 0.15) is 6.42 Å². The summed E-state index contributed by atoms with van der Waals surface area (Å²) in [7, 11) is 1.64. The van der Waals surface area contributed by atoms with Crippen LogP contribution in [-0.2, 0) is 0 Å². The van der Waals surface area contributed by atoms with Gasteiger partial charge in [0, 0.05) is 6.07 Å². The topological polar surface area (TPSA) is 44.5 Å². The number of ether oxygens (including phenoxy) is 2. The second-order valence-electron chi connectivity index (χ2n) is 2.67. The molecule has 0 saturated carbocycles. The Morgan fingerprint density at radius 3 is 2.64 bits per heavy atom. The first-order valence-corrected chi connectivity index (χ1v) is 4.33. The van der Waals surface area contributed by atoms with Gasteiger partial charge in [-0.05, 0) is 25.1 Å². The van der Waals surface area contributed by atoms with Crippen LogP contribution in [0.2, 0.25) is 0 Å². The molecule has 4 heteroatoms. The van der Waals surface area contributed by atoms with E-state index in [2.05, 4.69) is 0 Å². The van der Waals surface area contributed by atoms with Crippen LogP contribution in [0.25, 0.3) is 0 Å². The lowest BCUT2D eigenvalue weighted by Gasteiger charge is -2.06. The van der Waals surface area contributed by atoms with Crippen LogP contribution in [0.4, 0.5) is 0 Å². The largest absolute Gasteiger partial charge is 0.497 e. The van der Waals surface area contributed by atoms with Crippen molar-refractivity contribution in [1.82, 2.24) is 0 Å². The van der Waals surface area contributed by atoms with Gasteiger partial charge in [0.15, 0.2) is 0 Å². The maximum atomic E-state index is 5.43. The van der Waals surface area contributed by atoms with E-state index in [4.69, 9.17) is 15.2 Å². The average Bonchev–Trinajstić information content (AvgIpc) is 2.19. The minimum absolute atomic E-state index is 0. The Bertz CT molecular complexity index is 256. The number of hydrogen-bond acceptors (Lipinski definition) is 3. The molecule has 80 valence electrons. The van der Waals surface area contributed by atoms with E-state index in [1.54, 1.807) is 7.11 Å². The van der Waals surface area contributed by atoms with Gasteiger partial charge in [0.25, 0.3) is 0 Å². The van der Waals surface area contributed by atoms with Gasteiger partial charge in [-0.3, -0.25) is 0 Å². The van der Waals surface area contributed by atoms with Crippen LogP contribution in [0.5, 0.6) is 11.5 Å². The quantitative estimate of drug-likeness (QED) is 0.766. The van der Waals surface area contributed by atoms with Crippen molar-refractivity contribution in [1.29, 1.82) is 0 Å². The number of halogens is 1. The standard InChI is InChI=1S/C10H15NO2.ClH/c1-12-9-4-2-5-10(8-9)13-7-3-6-11;/h2,4-5,8H,3,6-7,11H2,1H3;1H. The van der Waals surface area contributed by atoms with E-state index < -0.39 is 0 Å².